The first-order chi connectivity index (χ1) is 9.32. The third-order valence-corrected chi connectivity index (χ3v) is 3.38. The lowest BCUT2D eigenvalue weighted by Crippen LogP contribution is -2.39. The average molecular weight is 275 g/mol. The Kier molecular flexibility index (Phi) is 3.59. The number of amides is 3. The first-order valence-electron chi connectivity index (χ1n) is 6.35. The summed E-state index contributed by atoms with van der Waals surface area (Å²) in [7, 11) is 1.43. The molecule has 0 bridgehead atoms. The van der Waals surface area contributed by atoms with Gasteiger partial charge in [-0.1, -0.05) is 13.8 Å². The van der Waals surface area contributed by atoms with Gasteiger partial charge in [0.15, 0.2) is 0 Å². The van der Waals surface area contributed by atoms with Gasteiger partial charge < -0.3 is 11.1 Å². The van der Waals surface area contributed by atoms with Crippen molar-refractivity contribution in [3.05, 3.63) is 29.3 Å². The zero-order valence-corrected chi connectivity index (χ0v) is 11.6. The Morgan fingerprint density at radius 3 is 2.40 bits per heavy atom. The summed E-state index contributed by atoms with van der Waals surface area (Å²) in [5.74, 6) is -1.00. The van der Waals surface area contributed by atoms with Crippen LogP contribution >= 0.6 is 0 Å². The van der Waals surface area contributed by atoms with Crippen LogP contribution in [0.4, 0.5) is 5.69 Å². The minimum atomic E-state index is -0.622. The molecule has 1 atom stereocenters. The van der Waals surface area contributed by atoms with Gasteiger partial charge in [0.1, 0.15) is 0 Å². The van der Waals surface area contributed by atoms with Crippen LogP contribution in [0.1, 0.15) is 34.6 Å². The van der Waals surface area contributed by atoms with Crippen LogP contribution < -0.4 is 11.1 Å². The molecule has 0 radical (unpaired) electrons. The summed E-state index contributed by atoms with van der Waals surface area (Å²) < 4.78 is 0. The van der Waals surface area contributed by atoms with E-state index in [-0.39, 0.29) is 23.6 Å². The fourth-order valence-corrected chi connectivity index (χ4v) is 1.97. The molecule has 0 aliphatic carbocycles. The summed E-state index contributed by atoms with van der Waals surface area (Å²) in [5, 5.41) is 2.66. The molecule has 3 amide bonds. The number of fused-ring (bicyclic) bond motifs is 1. The van der Waals surface area contributed by atoms with E-state index in [2.05, 4.69) is 5.32 Å². The van der Waals surface area contributed by atoms with E-state index in [1.165, 1.54) is 19.2 Å². The molecule has 6 nitrogen and oxygen atoms in total. The first kappa shape index (κ1) is 14.2. The van der Waals surface area contributed by atoms with Gasteiger partial charge in [0.2, 0.25) is 5.91 Å². The molecular formula is C14H17N3O3. The molecule has 0 aromatic heterocycles. The van der Waals surface area contributed by atoms with Crippen molar-refractivity contribution >= 4 is 23.4 Å². The van der Waals surface area contributed by atoms with Crippen LogP contribution in [0.5, 0.6) is 0 Å². The number of imide groups is 1. The molecule has 1 aliphatic heterocycles. The van der Waals surface area contributed by atoms with E-state index >= 15 is 0 Å². The molecule has 0 saturated carbocycles. The van der Waals surface area contributed by atoms with Crippen molar-refractivity contribution in [2.75, 3.05) is 12.4 Å². The van der Waals surface area contributed by atoms with Gasteiger partial charge in [-0.2, -0.15) is 0 Å². The highest BCUT2D eigenvalue weighted by atomic mass is 16.2. The lowest BCUT2D eigenvalue weighted by Gasteiger charge is -2.15. The van der Waals surface area contributed by atoms with Gasteiger partial charge in [-0.05, 0) is 24.1 Å². The topological polar surface area (TPSA) is 92.5 Å². The Bertz CT molecular complexity index is 595. The van der Waals surface area contributed by atoms with Crippen LogP contribution in [-0.4, -0.2) is 35.7 Å². The van der Waals surface area contributed by atoms with Crippen molar-refractivity contribution in [1.82, 2.24) is 4.90 Å². The highest BCUT2D eigenvalue weighted by Gasteiger charge is 2.32. The summed E-state index contributed by atoms with van der Waals surface area (Å²) in [4.78, 5) is 36.5. The van der Waals surface area contributed by atoms with Crippen LogP contribution in [0.15, 0.2) is 18.2 Å². The van der Waals surface area contributed by atoms with Gasteiger partial charge in [0, 0.05) is 12.7 Å². The summed E-state index contributed by atoms with van der Waals surface area (Å²) in [5.41, 5.74) is 6.86. The number of nitrogens with one attached hydrogen (secondary N) is 1. The molecule has 6 heteroatoms. The molecule has 0 saturated heterocycles. The van der Waals surface area contributed by atoms with E-state index in [1.807, 2.05) is 13.8 Å². The Morgan fingerprint density at radius 2 is 1.80 bits per heavy atom. The van der Waals surface area contributed by atoms with Crippen molar-refractivity contribution in [2.24, 2.45) is 11.7 Å². The van der Waals surface area contributed by atoms with Crippen molar-refractivity contribution < 1.29 is 14.4 Å². The molecular weight excluding hydrogens is 258 g/mol. The van der Waals surface area contributed by atoms with Gasteiger partial charge >= 0.3 is 0 Å². The number of nitrogens with zero attached hydrogens (tertiary/aromatic N) is 1. The minimum Gasteiger partial charge on any atom is -0.325 e. The fourth-order valence-electron chi connectivity index (χ4n) is 1.97. The summed E-state index contributed by atoms with van der Waals surface area (Å²) >= 11 is 0. The molecule has 0 fully saturated rings. The second-order valence-corrected chi connectivity index (χ2v) is 5.19. The summed E-state index contributed by atoms with van der Waals surface area (Å²) in [6.45, 7) is 3.70. The van der Waals surface area contributed by atoms with E-state index in [4.69, 9.17) is 5.73 Å². The number of nitrogens with two attached hydrogens (primary N) is 1. The molecule has 1 aliphatic rings. The molecule has 20 heavy (non-hydrogen) atoms. The lowest BCUT2D eigenvalue weighted by atomic mass is 10.0. The van der Waals surface area contributed by atoms with Crippen LogP contribution in [0, 0.1) is 5.92 Å². The Morgan fingerprint density at radius 1 is 1.20 bits per heavy atom. The Labute approximate surface area is 116 Å². The second-order valence-electron chi connectivity index (χ2n) is 5.19. The number of benzene rings is 1. The van der Waals surface area contributed by atoms with Gasteiger partial charge in [0.05, 0.1) is 17.2 Å². The molecule has 2 rings (SSSR count). The van der Waals surface area contributed by atoms with Crippen molar-refractivity contribution in [2.45, 2.75) is 19.9 Å². The molecule has 106 valence electrons. The quantitative estimate of drug-likeness (QED) is 0.799. The Hall–Kier alpha value is -2.21. The fraction of sp³-hybridized carbons (Fsp3) is 0.357. The predicted molar refractivity (Wildman–Crippen MR) is 74.3 cm³/mol. The maximum Gasteiger partial charge on any atom is 0.261 e. The average Bonchev–Trinajstić information content (AvgIpc) is 2.62. The summed E-state index contributed by atoms with van der Waals surface area (Å²) in [6, 6.07) is 4.01. The minimum absolute atomic E-state index is 0.0128. The van der Waals surface area contributed by atoms with Crippen LogP contribution in [0.3, 0.4) is 0 Å². The van der Waals surface area contributed by atoms with Crippen molar-refractivity contribution in [1.29, 1.82) is 0 Å². The zero-order valence-electron chi connectivity index (χ0n) is 11.6. The van der Waals surface area contributed by atoms with Gasteiger partial charge in [-0.15, -0.1) is 0 Å². The highest BCUT2D eigenvalue weighted by molar-refractivity contribution is 6.21. The van der Waals surface area contributed by atoms with Crippen molar-refractivity contribution in [3.63, 3.8) is 0 Å². The van der Waals surface area contributed by atoms with Crippen molar-refractivity contribution in [3.8, 4) is 0 Å². The van der Waals surface area contributed by atoms with Gasteiger partial charge in [-0.25, -0.2) is 0 Å². The number of rotatable bonds is 3. The number of hydrogen-bond acceptors (Lipinski definition) is 4. The van der Waals surface area contributed by atoms with E-state index in [0.29, 0.717) is 16.8 Å². The van der Waals surface area contributed by atoms with Crippen LogP contribution in [0.25, 0.3) is 0 Å². The van der Waals surface area contributed by atoms with E-state index in [1.54, 1.807) is 6.07 Å². The van der Waals surface area contributed by atoms with Gasteiger partial charge in [0.25, 0.3) is 11.8 Å². The highest BCUT2D eigenvalue weighted by Crippen LogP contribution is 2.24. The third kappa shape index (κ3) is 2.30. The molecule has 1 aromatic rings. The molecule has 0 unspecified atom stereocenters. The number of carbonyl (C=O) groups is 3. The Balaban J connectivity index is 2.24. The molecule has 0 spiro atoms. The molecule has 1 aromatic carbocycles. The van der Waals surface area contributed by atoms with E-state index in [0.717, 1.165) is 4.90 Å². The largest absolute Gasteiger partial charge is 0.325 e. The normalized spacial score (nSPS) is 15.6. The molecule has 3 N–H and O–H groups in total. The maximum absolute atomic E-state index is 11.9. The standard InChI is InChI=1S/C14H17N3O3/c1-7(2)11(15)12(18)16-8-4-5-9-10(6-8)14(20)17(3)13(9)19/h4-7,11H,15H2,1-3H3,(H,16,18)/t11-/m0/s1. The van der Waals surface area contributed by atoms with E-state index in [9.17, 15) is 14.4 Å². The van der Waals surface area contributed by atoms with Crippen LogP contribution in [0.2, 0.25) is 0 Å². The second kappa shape index (κ2) is 5.05. The molecule has 1 heterocycles. The number of anilines is 1. The number of carbonyl (C=O) groups excluding carboxylic acids is 3. The lowest BCUT2D eigenvalue weighted by molar-refractivity contribution is -0.118. The van der Waals surface area contributed by atoms with Crippen LogP contribution in [-0.2, 0) is 4.79 Å². The summed E-state index contributed by atoms with van der Waals surface area (Å²) in [6.07, 6.45) is 0. The predicted octanol–water partition coefficient (Wildman–Crippen LogP) is 0.834. The monoisotopic (exact) mass is 275 g/mol. The maximum atomic E-state index is 11.9. The van der Waals surface area contributed by atoms with E-state index < -0.39 is 6.04 Å². The first-order valence-corrected chi connectivity index (χ1v) is 6.35. The van der Waals surface area contributed by atoms with Gasteiger partial charge in [-0.3, -0.25) is 19.3 Å². The number of hydrogen-bond donors (Lipinski definition) is 2. The SMILES string of the molecule is CC(C)[C@H](N)C(=O)Nc1ccc2c(c1)C(=O)N(C)C2=O. The smallest absolute Gasteiger partial charge is 0.261 e. The zero-order chi connectivity index (χ0) is 15.0. The third-order valence-electron chi connectivity index (χ3n) is 3.38.